The van der Waals surface area contributed by atoms with Crippen LogP contribution in [0.1, 0.15) is 38.6 Å². The summed E-state index contributed by atoms with van der Waals surface area (Å²) in [5.41, 5.74) is 0.0545. The Hall–Kier alpha value is -0.420. The number of β-amino-alcohol motifs (C(OH)–C–C–N with tert-alkyl or cyclic N) is 1. The largest absolute Gasteiger partial charge is 0.390 e. The number of rotatable bonds is 6. The second-order valence-corrected chi connectivity index (χ2v) is 6.89. The number of hydrogen-bond donors (Lipinski definition) is 2. The van der Waals surface area contributed by atoms with Gasteiger partial charge in [0, 0.05) is 29.5 Å². The second-order valence-electron chi connectivity index (χ2n) is 5.92. The minimum atomic E-state index is -0.336. The van der Waals surface area contributed by atoms with E-state index in [1.54, 1.807) is 11.3 Å². The maximum absolute atomic E-state index is 10.0. The highest BCUT2D eigenvalue weighted by molar-refractivity contribution is 7.10. The Morgan fingerprint density at radius 3 is 2.61 bits per heavy atom. The summed E-state index contributed by atoms with van der Waals surface area (Å²) in [6.45, 7) is 9.82. The number of aliphatic hydroxyl groups is 1. The number of thiophene rings is 1. The Morgan fingerprint density at radius 1 is 1.44 bits per heavy atom. The zero-order chi connectivity index (χ0) is 13.8. The summed E-state index contributed by atoms with van der Waals surface area (Å²) >= 11 is 1.77. The van der Waals surface area contributed by atoms with Crippen molar-refractivity contribution in [2.75, 3.05) is 20.1 Å². The van der Waals surface area contributed by atoms with Crippen LogP contribution in [-0.2, 0) is 0 Å². The molecular formula is C14H26N2OS. The molecule has 0 saturated carbocycles. The van der Waals surface area contributed by atoms with Crippen molar-refractivity contribution in [3.05, 3.63) is 22.4 Å². The summed E-state index contributed by atoms with van der Waals surface area (Å²) in [6, 6.07) is 4.57. The molecule has 0 spiro atoms. The van der Waals surface area contributed by atoms with Gasteiger partial charge in [-0.15, -0.1) is 11.3 Å². The van der Waals surface area contributed by atoms with Crippen molar-refractivity contribution in [3.63, 3.8) is 0 Å². The molecule has 0 aromatic carbocycles. The first kappa shape index (κ1) is 15.6. The van der Waals surface area contributed by atoms with Crippen LogP contribution in [0.25, 0.3) is 0 Å². The van der Waals surface area contributed by atoms with Gasteiger partial charge in [0.25, 0.3) is 0 Å². The lowest BCUT2D eigenvalue weighted by Gasteiger charge is -2.28. The van der Waals surface area contributed by atoms with Crippen molar-refractivity contribution in [2.24, 2.45) is 0 Å². The van der Waals surface area contributed by atoms with E-state index in [1.807, 2.05) is 0 Å². The lowest BCUT2D eigenvalue weighted by atomic mass is 10.1. The number of nitrogens with one attached hydrogen (secondary N) is 1. The molecule has 0 bridgehead atoms. The molecule has 2 N–H and O–H groups in total. The summed E-state index contributed by atoms with van der Waals surface area (Å²) < 4.78 is 0. The van der Waals surface area contributed by atoms with Gasteiger partial charge >= 0.3 is 0 Å². The summed E-state index contributed by atoms with van der Waals surface area (Å²) in [5.74, 6) is 0. The molecule has 1 aromatic rings. The van der Waals surface area contributed by atoms with E-state index in [4.69, 9.17) is 0 Å². The lowest BCUT2D eigenvalue weighted by Crippen LogP contribution is -2.44. The van der Waals surface area contributed by atoms with Gasteiger partial charge in [-0.1, -0.05) is 6.07 Å². The van der Waals surface area contributed by atoms with Gasteiger partial charge in [0.15, 0.2) is 0 Å². The second kappa shape index (κ2) is 6.66. The molecule has 0 fully saturated rings. The topological polar surface area (TPSA) is 35.5 Å². The molecule has 0 amide bonds. The first-order valence-corrected chi connectivity index (χ1v) is 7.34. The Balaban J connectivity index is 2.37. The molecule has 0 aliphatic rings. The molecule has 0 aliphatic heterocycles. The van der Waals surface area contributed by atoms with Crippen molar-refractivity contribution in [2.45, 2.75) is 45.4 Å². The summed E-state index contributed by atoms with van der Waals surface area (Å²) in [6.07, 6.45) is -0.336. The molecule has 104 valence electrons. The normalized spacial score (nSPS) is 15.9. The molecular weight excluding hydrogens is 244 g/mol. The number of nitrogens with zero attached hydrogens (tertiary/aromatic N) is 1. The van der Waals surface area contributed by atoms with Crippen molar-refractivity contribution in [3.8, 4) is 0 Å². The average Bonchev–Trinajstić information content (AvgIpc) is 2.77. The van der Waals surface area contributed by atoms with Gasteiger partial charge < -0.3 is 10.4 Å². The fraction of sp³-hybridized carbons (Fsp3) is 0.714. The summed E-state index contributed by atoms with van der Waals surface area (Å²) in [5, 5.41) is 15.4. The standard InChI is InChI=1S/C14H26N2OS/c1-11(13-7-6-8-18-13)16(5)10-12(17)9-15-14(2,3)4/h6-8,11-12,15,17H,9-10H2,1-5H3. The zero-order valence-electron chi connectivity index (χ0n) is 12.1. The van der Waals surface area contributed by atoms with Crippen molar-refractivity contribution < 1.29 is 5.11 Å². The SMILES string of the molecule is CC(c1cccs1)N(C)CC(O)CNC(C)(C)C. The van der Waals surface area contributed by atoms with Gasteiger partial charge in [0.2, 0.25) is 0 Å². The Labute approximate surface area is 115 Å². The Morgan fingerprint density at radius 2 is 2.11 bits per heavy atom. The molecule has 1 rings (SSSR count). The van der Waals surface area contributed by atoms with Crippen LogP contribution < -0.4 is 5.32 Å². The first-order valence-electron chi connectivity index (χ1n) is 6.46. The minimum absolute atomic E-state index is 0.0545. The predicted octanol–water partition coefficient (Wildman–Crippen LogP) is 2.49. The number of likely N-dealkylation sites (N-methyl/N-ethyl adjacent to an activating group) is 1. The number of aliphatic hydroxyl groups excluding tert-OH is 1. The third kappa shape index (κ3) is 5.48. The quantitative estimate of drug-likeness (QED) is 0.833. The van der Waals surface area contributed by atoms with Gasteiger partial charge in [0.05, 0.1) is 6.10 Å². The fourth-order valence-corrected chi connectivity index (χ4v) is 2.57. The van der Waals surface area contributed by atoms with Crippen LogP contribution in [-0.4, -0.2) is 41.8 Å². The first-order chi connectivity index (χ1) is 8.29. The van der Waals surface area contributed by atoms with Gasteiger partial charge in [-0.25, -0.2) is 0 Å². The van der Waals surface area contributed by atoms with Crippen LogP contribution >= 0.6 is 11.3 Å². The molecule has 18 heavy (non-hydrogen) atoms. The summed E-state index contributed by atoms with van der Waals surface area (Å²) in [4.78, 5) is 3.54. The van der Waals surface area contributed by atoms with E-state index < -0.39 is 0 Å². The van der Waals surface area contributed by atoms with Crippen molar-refractivity contribution in [1.82, 2.24) is 10.2 Å². The van der Waals surface area contributed by atoms with E-state index in [9.17, 15) is 5.11 Å². The third-order valence-electron chi connectivity index (χ3n) is 2.98. The van der Waals surface area contributed by atoms with E-state index in [0.29, 0.717) is 19.1 Å². The molecule has 0 aliphatic carbocycles. The fourth-order valence-electron chi connectivity index (χ4n) is 1.73. The van der Waals surface area contributed by atoms with Crippen LogP contribution in [0.15, 0.2) is 17.5 Å². The molecule has 3 nitrogen and oxygen atoms in total. The minimum Gasteiger partial charge on any atom is -0.390 e. The zero-order valence-corrected chi connectivity index (χ0v) is 12.9. The van der Waals surface area contributed by atoms with Gasteiger partial charge in [0.1, 0.15) is 0 Å². The third-order valence-corrected chi connectivity index (χ3v) is 4.03. The van der Waals surface area contributed by atoms with Crippen LogP contribution in [0.2, 0.25) is 0 Å². The number of hydrogen-bond acceptors (Lipinski definition) is 4. The van der Waals surface area contributed by atoms with E-state index in [0.717, 1.165) is 0 Å². The van der Waals surface area contributed by atoms with Crippen LogP contribution in [0.5, 0.6) is 0 Å². The molecule has 4 heteroatoms. The molecule has 0 radical (unpaired) electrons. The molecule has 2 atom stereocenters. The maximum atomic E-state index is 10.0. The predicted molar refractivity (Wildman–Crippen MR) is 79.1 cm³/mol. The van der Waals surface area contributed by atoms with Crippen molar-refractivity contribution in [1.29, 1.82) is 0 Å². The highest BCUT2D eigenvalue weighted by Crippen LogP contribution is 2.23. The van der Waals surface area contributed by atoms with E-state index in [-0.39, 0.29) is 11.6 Å². The average molecular weight is 270 g/mol. The molecule has 1 aromatic heterocycles. The lowest BCUT2D eigenvalue weighted by molar-refractivity contribution is 0.102. The Kier molecular flexibility index (Phi) is 5.79. The van der Waals surface area contributed by atoms with Gasteiger partial charge in [-0.2, -0.15) is 0 Å². The Bertz CT molecular complexity index is 332. The van der Waals surface area contributed by atoms with E-state index in [1.165, 1.54) is 4.88 Å². The monoisotopic (exact) mass is 270 g/mol. The summed E-state index contributed by atoms with van der Waals surface area (Å²) in [7, 11) is 2.06. The molecule has 2 unspecified atom stereocenters. The highest BCUT2D eigenvalue weighted by Gasteiger charge is 2.17. The van der Waals surface area contributed by atoms with E-state index in [2.05, 4.69) is 62.5 Å². The van der Waals surface area contributed by atoms with Crippen molar-refractivity contribution >= 4 is 11.3 Å². The molecule has 0 saturated heterocycles. The van der Waals surface area contributed by atoms with Gasteiger partial charge in [-0.3, -0.25) is 4.90 Å². The van der Waals surface area contributed by atoms with Gasteiger partial charge in [-0.05, 0) is 46.2 Å². The van der Waals surface area contributed by atoms with Crippen LogP contribution in [0, 0.1) is 0 Å². The smallest absolute Gasteiger partial charge is 0.0791 e. The maximum Gasteiger partial charge on any atom is 0.0791 e. The highest BCUT2D eigenvalue weighted by atomic mass is 32.1. The van der Waals surface area contributed by atoms with E-state index >= 15 is 0 Å². The van der Waals surface area contributed by atoms with Crippen LogP contribution in [0.4, 0.5) is 0 Å². The molecule has 1 heterocycles. The van der Waals surface area contributed by atoms with Crippen LogP contribution in [0.3, 0.4) is 0 Å².